The second-order valence-corrected chi connectivity index (χ2v) is 26.0. The van der Waals surface area contributed by atoms with Crippen molar-refractivity contribution in [2.24, 2.45) is 0 Å². The normalized spacial score (nSPS) is 12.0. The van der Waals surface area contributed by atoms with E-state index in [-0.39, 0.29) is 0 Å². The van der Waals surface area contributed by atoms with Crippen LogP contribution in [0.4, 0.5) is 0 Å². The first-order chi connectivity index (χ1) is 9.27. The highest BCUT2D eigenvalue weighted by Gasteiger charge is 2.32. The highest BCUT2D eigenvalue weighted by atomic mass is 28.4. The van der Waals surface area contributed by atoms with E-state index in [1.54, 1.807) is 7.11 Å². The summed E-state index contributed by atoms with van der Waals surface area (Å²) < 4.78 is 10.9. The Morgan fingerprint density at radius 3 is 0.864 bits per heavy atom. The zero-order chi connectivity index (χ0) is 19.4. The third-order valence-electron chi connectivity index (χ3n) is 1.19. The van der Waals surface area contributed by atoms with Crippen molar-refractivity contribution in [1.82, 2.24) is 0 Å². The van der Waals surface area contributed by atoms with Gasteiger partial charge in [-0.05, 0) is 72.0 Å². The molecule has 0 heterocycles. The van der Waals surface area contributed by atoms with Crippen LogP contribution in [0.15, 0.2) is 0 Å². The van der Waals surface area contributed by atoms with Crippen LogP contribution in [0.25, 0.3) is 0 Å². The Morgan fingerprint density at radius 1 is 0.682 bits per heavy atom. The monoisotopic (exact) mass is 387 g/mol. The van der Waals surface area contributed by atoms with Crippen molar-refractivity contribution in [1.29, 1.82) is 0 Å². The zero-order valence-corrected chi connectivity index (χ0v) is 21.4. The van der Waals surface area contributed by atoms with Crippen molar-refractivity contribution in [3.05, 3.63) is 6.55 Å². The van der Waals surface area contributed by atoms with Crippen LogP contribution in [0, 0.1) is 6.55 Å². The van der Waals surface area contributed by atoms with E-state index in [1.165, 1.54) is 0 Å². The number of hydrogen-bond acceptors (Lipinski definition) is 4. The Balaban J connectivity index is -0.000000109. The molecule has 0 fully saturated rings. The molecule has 0 aliphatic rings. The van der Waals surface area contributed by atoms with Crippen molar-refractivity contribution >= 4 is 33.3 Å². The lowest BCUT2D eigenvalue weighted by atomic mass is 11.8. The second-order valence-electron chi connectivity index (χ2n) is 8.46. The molecular formula is C14H43O4Si4+. The van der Waals surface area contributed by atoms with Gasteiger partial charge in [0.05, 0.1) is 0 Å². The first-order valence-corrected chi connectivity index (χ1v) is 20.9. The average Bonchev–Trinajstić information content (AvgIpc) is 2.12. The Labute approximate surface area is 144 Å². The molecule has 22 heavy (non-hydrogen) atoms. The Bertz CT molecular complexity index is 217. The van der Waals surface area contributed by atoms with Gasteiger partial charge in [-0.1, -0.05) is 0 Å². The van der Waals surface area contributed by atoms with Crippen LogP contribution in [0.1, 0.15) is 0 Å². The molecule has 0 aliphatic carbocycles. The molecule has 0 saturated heterocycles. The van der Waals surface area contributed by atoms with Gasteiger partial charge in [-0.25, -0.2) is 0 Å². The van der Waals surface area contributed by atoms with E-state index in [2.05, 4.69) is 58.9 Å². The summed E-state index contributed by atoms with van der Waals surface area (Å²) >= 11 is 0. The summed E-state index contributed by atoms with van der Waals surface area (Å²) in [7, 11) is -2.75. The van der Waals surface area contributed by atoms with Gasteiger partial charge >= 0.3 is 8.32 Å². The van der Waals surface area contributed by atoms with E-state index >= 15 is 0 Å². The molecule has 0 amide bonds. The molecule has 8 heteroatoms. The molecule has 0 atom stereocenters. The molecule has 2 N–H and O–H groups in total. The van der Waals surface area contributed by atoms with E-state index in [0.717, 1.165) is 7.11 Å². The van der Waals surface area contributed by atoms with Crippen LogP contribution in [-0.2, 0) is 8.54 Å². The summed E-state index contributed by atoms with van der Waals surface area (Å²) in [5, 5.41) is 7.00. The second kappa shape index (κ2) is 12.9. The lowest BCUT2D eigenvalue weighted by Crippen LogP contribution is -2.40. The summed E-state index contributed by atoms with van der Waals surface area (Å²) in [6.07, 6.45) is 0. The van der Waals surface area contributed by atoms with Crippen molar-refractivity contribution in [2.45, 2.75) is 72.0 Å². The minimum atomic E-state index is -1.61. The molecule has 0 spiro atoms. The summed E-state index contributed by atoms with van der Waals surface area (Å²) in [4.78, 5) is 8.66. The van der Waals surface area contributed by atoms with Crippen molar-refractivity contribution < 1.29 is 18.4 Å². The third-order valence-corrected chi connectivity index (χ3v) is 7.08. The maximum Gasteiger partial charge on any atom is 0.393 e. The molecule has 0 bridgehead atoms. The molecule has 0 unspecified atom stereocenters. The molecular weight excluding hydrogens is 344 g/mol. The van der Waals surface area contributed by atoms with E-state index in [9.17, 15) is 0 Å². The first kappa shape index (κ1) is 30.5. The largest absolute Gasteiger partial charge is 0.433 e. The maximum absolute atomic E-state index is 8.66. The van der Waals surface area contributed by atoms with Gasteiger partial charge in [-0.15, -0.1) is 0 Å². The number of aliphatic hydroxyl groups excluding tert-OH is 1. The van der Waals surface area contributed by atoms with E-state index in [4.69, 9.17) is 18.4 Å². The fourth-order valence-corrected chi connectivity index (χ4v) is 7.46. The van der Waals surface area contributed by atoms with Crippen LogP contribution in [0.2, 0.25) is 72.0 Å². The predicted octanol–water partition coefficient (Wildman–Crippen LogP) is 4.31. The van der Waals surface area contributed by atoms with Gasteiger partial charge in [-0.2, -0.15) is 0 Å². The van der Waals surface area contributed by atoms with Gasteiger partial charge in [-0.3, -0.25) is 0 Å². The Kier molecular flexibility index (Phi) is 17.9. The van der Waals surface area contributed by atoms with Gasteiger partial charge < -0.3 is 18.4 Å². The predicted molar refractivity (Wildman–Crippen MR) is 111 cm³/mol. The van der Waals surface area contributed by atoms with Crippen LogP contribution in [-0.4, -0.2) is 57.4 Å². The smallest absolute Gasteiger partial charge is 0.393 e. The lowest BCUT2D eigenvalue weighted by Gasteiger charge is -2.21. The highest BCUT2D eigenvalue weighted by Crippen LogP contribution is 2.11. The van der Waals surface area contributed by atoms with Crippen LogP contribution in [0.3, 0.4) is 0 Å². The number of aliphatic hydroxyl groups is 1. The average molecular weight is 388 g/mol. The van der Waals surface area contributed by atoms with Crippen LogP contribution >= 0.6 is 0 Å². The Hall–Kier alpha value is 0.578. The minimum Gasteiger partial charge on any atom is -0.433 e. The summed E-state index contributed by atoms with van der Waals surface area (Å²) in [6, 6.07) is 0. The van der Waals surface area contributed by atoms with Gasteiger partial charge in [0.15, 0.2) is 25.0 Å². The molecule has 0 aromatic heterocycles. The quantitative estimate of drug-likeness (QED) is 0.559. The van der Waals surface area contributed by atoms with Gasteiger partial charge in [0.2, 0.25) is 0 Å². The standard InChI is InChI=1S/C6H17OSi2.C4H12OSi.C3H10OSi.CH4O/c1-8(2,3)7-9(4,5)6;1-5-6(2,3)4;1-5(2,3)4;1-2/h1H2,2-6H3;1-4H3;4H,1-3H3;2H,1H3/q+1;;;. The Morgan fingerprint density at radius 2 is 0.864 bits per heavy atom. The first-order valence-electron chi connectivity index (χ1n) is 7.54. The topological polar surface area (TPSA) is 58.9 Å². The van der Waals surface area contributed by atoms with E-state index in [0.29, 0.717) is 0 Å². The van der Waals surface area contributed by atoms with Crippen LogP contribution in [0.5, 0.6) is 0 Å². The van der Waals surface area contributed by atoms with Gasteiger partial charge in [0.25, 0.3) is 0 Å². The molecule has 0 aromatic carbocycles. The summed E-state index contributed by atoms with van der Waals surface area (Å²) in [5.74, 6) is 0. The summed E-state index contributed by atoms with van der Waals surface area (Å²) in [5.41, 5.74) is 0. The molecule has 0 aliphatic heterocycles. The lowest BCUT2D eigenvalue weighted by molar-refractivity contribution is 0.399. The number of hydrogen-bond donors (Lipinski definition) is 2. The fraction of sp³-hybridized carbons (Fsp3) is 0.929. The maximum atomic E-state index is 8.66. The zero-order valence-electron chi connectivity index (χ0n) is 17.4. The molecule has 138 valence electrons. The van der Waals surface area contributed by atoms with E-state index in [1.807, 2.05) is 19.6 Å². The highest BCUT2D eigenvalue weighted by molar-refractivity contribution is 6.85. The van der Waals surface area contributed by atoms with Gasteiger partial charge in [0, 0.05) is 20.8 Å². The molecule has 0 radical (unpaired) electrons. The SMILES string of the molecule is CO.CO[Si](C)(C)C.C[Si](C)(C)O.[CH2+][Si](C)(C)O[Si](C)(C)C. The number of rotatable bonds is 3. The fourth-order valence-electron chi connectivity index (χ4n) is 0.829. The van der Waals surface area contributed by atoms with E-state index < -0.39 is 33.3 Å². The summed E-state index contributed by atoms with van der Waals surface area (Å²) in [6.45, 7) is 27.0. The molecule has 0 saturated carbocycles. The van der Waals surface area contributed by atoms with Crippen molar-refractivity contribution in [3.8, 4) is 0 Å². The molecule has 0 aromatic rings. The molecule has 0 rings (SSSR count). The minimum absolute atomic E-state index is 1.00. The van der Waals surface area contributed by atoms with Crippen molar-refractivity contribution in [3.63, 3.8) is 0 Å². The van der Waals surface area contributed by atoms with Gasteiger partial charge in [0.1, 0.15) is 0 Å². The molecule has 4 nitrogen and oxygen atoms in total. The van der Waals surface area contributed by atoms with Crippen molar-refractivity contribution in [2.75, 3.05) is 14.2 Å². The van der Waals surface area contributed by atoms with Crippen LogP contribution < -0.4 is 0 Å². The third kappa shape index (κ3) is 86.0.